The summed E-state index contributed by atoms with van der Waals surface area (Å²) in [6.07, 6.45) is 10.8. The Hall–Kier alpha value is -2.12. The molecule has 0 radical (unpaired) electrons. The third kappa shape index (κ3) is 11.3. The molecule has 10 nitrogen and oxygen atoms in total. The maximum atomic E-state index is 13.1. The predicted molar refractivity (Wildman–Crippen MR) is 176 cm³/mol. The number of rotatable bonds is 19. The van der Waals surface area contributed by atoms with Crippen molar-refractivity contribution in [1.29, 1.82) is 0 Å². The summed E-state index contributed by atoms with van der Waals surface area (Å²) in [7, 11) is -3.66. The molecule has 45 heavy (non-hydrogen) atoms. The number of nitroso groups, excluding NO2 is 1. The molecule has 252 valence electrons. The highest BCUT2D eigenvalue weighted by molar-refractivity contribution is 7.99. The van der Waals surface area contributed by atoms with Crippen LogP contribution in [-0.4, -0.2) is 71.3 Å². The van der Waals surface area contributed by atoms with Crippen LogP contribution in [0.1, 0.15) is 96.0 Å². The number of benzene rings is 1. The Morgan fingerprint density at radius 1 is 1.13 bits per heavy atom. The Morgan fingerprint density at radius 3 is 2.49 bits per heavy atom. The molecule has 2 aliphatic rings. The molecule has 0 aromatic heterocycles. The number of aryl methyl sites for hydroxylation is 1. The number of ether oxygens (including phenoxy) is 1. The standard InChI is InChI=1S/C33H50N2O8S2/c1-3-4-7-10-26(36)15-18-29-28(30(37)23-31(29)38)11-8-5-6-9-12-32(39)43-24-33(44-34-40)19-21-35(22-20-33)45(41,42)27-16-13-25(2)14-17-27/h13-18,26,28-29,31,36,38H,3-12,19-24H2,1-2H3/b18-15+/t26-,28+,29-,31+/m0/s1. The Morgan fingerprint density at radius 2 is 1.82 bits per heavy atom. The van der Waals surface area contributed by atoms with Gasteiger partial charge in [0.2, 0.25) is 10.0 Å². The van der Waals surface area contributed by atoms with Crippen molar-refractivity contribution in [3.8, 4) is 0 Å². The Labute approximate surface area is 272 Å². The number of hydrogen-bond acceptors (Lipinski definition) is 10. The van der Waals surface area contributed by atoms with Crippen molar-refractivity contribution in [2.75, 3.05) is 19.7 Å². The van der Waals surface area contributed by atoms with Crippen molar-refractivity contribution >= 4 is 33.7 Å². The molecule has 0 unspecified atom stereocenters. The van der Waals surface area contributed by atoms with Crippen LogP contribution in [0, 0.1) is 23.7 Å². The Bertz CT molecular complexity index is 1230. The molecular formula is C33H50N2O8S2. The number of aliphatic hydroxyl groups is 2. The molecular weight excluding hydrogens is 617 g/mol. The number of unbranched alkanes of at least 4 members (excludes halogenated alkanes) is 5. The Kier molecular flexibility index (Phi) is 15.2. The van der Waals surface area contributed by atoms with Gasteiger partial charge in [-0.1, -0.05) is 75.3 Å². The van der Waals surface area contributed by atoms with Crippen LogP contribution in [0.25, 0.3) is 0 Å². The number of piperidine rings is 1. The van der Waals surface area contributed by atoms with Gasteiger partial charge in [0.15, 0.2) is 0 Å². The van der Waals surface area contributed by atoms with Gasteiger partial charge >= 0.3 is 5.97 Å². The van der Waals surface area contributed by atoms with Crippen LogP contribution in [0.5, 0.6) is 0 Å². The fourth-order valence-electron chi connectivity index (χ4n) is 6.15. The highest BCUT2D eigenvalue weighted by Crippen LogP contribution is 2.39. The molecule has 0 spiro atoms. The van der Waals surface area contributed by atoms with Gasteiger partial charge in [-0.2, -0.15) is 4.31 Å². The van der Waals surface area contributed by atoms with E-state index in [-0.39, 0.29) is 61.0 Å². The van der Waals surface area contributed by atoms with E-state index in [1.54, 1.807) is 30.3 Å². The van der Waals surface area contributed by atoms with Crippen molar-refractivity contribution in [3.05, 3.63) is 46.9 Å². The van der Waals surface area contributed by atoms with E-state index in [0.717, 1.165) is 56.0 Å². The summed E-state index contributed by atoms with van der Waals surface area (Å²) in [5, 5.41) is 20.6. The van der Waals surface area contributed by atoms with Gasteiger partial charge in [0.25, 0.3) is 0 Å². The first-order chi connectivity index (χ1) is 21.5. The molecule has 1 heterocycles. The van der Waals surface area contributed by atoms with Crippen LogP contribution < -0.4 is 0 Å². The molecule has 0 bridgehead atoms. The quantitative estimate of drug-likeness (QED) is 0.0607. The van der Waals surface area contributed by atoms with E-state index in [4.69, 9.17) is 4.74 Å². The van der Waals surface area contributed by atoms with Gasteiger partial charge in [-0.3, -0.25) is 9.59 Å². The highest BCUT2D eigenvalue weighted by Gasteiger charge is 2.42. The summed E-state index contributed by atoms with van der Waals surface area (Å²) in [5.41, 5.74) is 0.968. The van der Waals surface area contributed by atoms with Crippen molar-refractivity contribution in [2.24, 2.45) is 16.4 Å². The van der Waals surface area contributed by atoms with Gasteiger partial charge in [0, 0.05) is 54.3 Å². The summed E-state index contributed by atoms with van der Waals surface area (Å²) in [6, 6.07) is 6.69. The monoisotopic (exact) mass is 666 g/mol. The molecule has 12 heteroatoms. The number of sulfonamides is 1. The molecule has 0 amide bonds. The zero-order valence-corrected chi connectivity index (χ0v) is 28.3. The summed E-state index contributed by atoms with van der Waals surface area (Å²) in [5.74, 6) is -0.819. The third-order valence-electron chi connectivity index (χ3n) is 9.06. The smallest absolute Gasteiger partial charge is 0.305 e. The minimum absolute atomic E-state index is 0.00498. The first kappa shape index (κ1) is 37.3. The van der Waals surface area contributed by atoms with Crippen LogP contribution >= 0.6 is 11.9 Å². The topological polar surface area (TPSA) is 151 Å². The summed E-state index contributed by atoms with van der Waals surface area (Å²) < 4.78 is 35.3. The van der Waals surface area contributed by atoms with Gasteiger partial charge in [-0.15, -0.1) is 4.91 Å². The highest BCUT2D eigenvalue weighted by atomic mass is 32.2. The van der Waals surface area contributed by atoms with Crippen LogP contribution in [0.15, 0.2) is 45.9 Å². The average Bonchev–Trinajstić information content (AvgIpc) is 3.28. The van der Waals surface area contributed by atoms with E-state index in [1.165, 1.54) is 4.31 Å². The van der Waals surface area contributed by atoms with Crippen molar-refractivity contribution < 1.29 is 33.0 Å². The van der Waals surface area contributed by atoms with Gasteiger partial charge in [-0.25, -0.2) is 8.42 Å². The number of carbonyl (C=O) groups is 2. The molecule has 1 aromatic rings. The number of carbonyl (C=O) groups excluding carboxylic acids is 2. The van der Waals surface area contributed by atoms with Gasteiger partial charge in [0.05, 0.1) is 21.9 Å². The first-order valence-corrected chi connectivity index (χ1v) is 18.5. The van der Waals surface area contributed by atoms with Crippen molar-refractivity contribution in [1.82, 2.24) is 4.31 Å². The molecule has 3 rings (SSSR count). The first-order valence-electron chi connectivity index (χ1n) is 16.3. The lowest BCUT2D eigenvalue weighted by molar-refractivity contribution is -0.145. The molecule has 1 saturated heterocycles. The fourth-order valence-corrected chi connectivity index (χ4v) is 8.23. The van der Waals surface area contributed by atoms with E-state index in [0.29, 0.717) is 32.1 Å². The van der Waals surface area contributed by atoms with Crippen LogP contribution in [-0.2, 0) is 24.3 Å². The van der Waals surface area contributed by atoms with Crippen molar-refractivity contribution in [3.63, 3.8) is 0 Å². The van der Waals surface area contributed by atoms with E-state index >= 15 is 0 Å². The lowest BCUT2D eigenvalue weighted by Crippen LogP contribution is -2.47. The molecule has 1 aliphatic carbocycles. The minimum Gasteiger partial charge on any atom is -0.464 e. The number of Topliss-reactive ketones (excluding diaryl/α,β-unsaturated/α-hetero) is 1. The summed E-state index contributed by atoms with van der Waals surface area (Å²) in [6.45, 7) is 4.40. The SMILES string of the molecule is CCCCC[C@H](O)/C=C/[C@@H]1[C@H](O)CC(=O)[C@@H]1CCCCCCC(=O)OCC1(SN=O)CCN(S(=O)(=O)c2ccc(C)cc2)CC1. The molecule has 1 saturated carbocycles. The molecule has 1 aliphatic heterocycles. The third-order valence-corrected chi connectivity index (χ3v) is 12.0. The number of nitrogens with zero attached hydrogens (tertiary/aromatic N) is 2. The van der Waals surface area contributed by atoms with E-state index < -0.39 is 27.0 Å². The maximum absolute atomic E-state index is 13.1. The second kappa shape index (κ2) is 18.3. The number of hydrogen-bond donors (Lipinski definition) is 2. The predicted octanol–water partition coefficient (Wildman–Crippen LogP) is 5.88. The van der Waals surface area contributed by atoms with Gasteiger partial charge < -0.3 is 14.9 Å². The molecule has 1 aromatic carbocycles. The second-order valence-electron chi connectivity index (χ2n) is 12.5. The molecule has 4 atom stereocenters. The summed E-state index contributed by atoms with van der Waals surface area (Å²) in [4.78, 5) is 36.4. The largest absolute Gasteiger partial charge is 0.464 e. The van der Waals surface area contributed by atoms with E-state index in [2.05, 4.69) is 11.5 Å². The van der Waals surface area contributed by atoms with Gasteiger partial charge in [0.1, 0.15) is 12.4 Å². The van der Waals surface area contributed by atoms with Crippen molar-refractivity contribution in [2.45, 2.75) is 119 Å². The van der Waals surface area contributed by atoms with Crippen LogP contribution in [0.2, 0.25) is 0 Å². The number of esters is 1. The lowest BCUT2D eigenvalue weighted by atomic mass is 9.88. The average molecular weight is 667 g/mol. The van der Waals surface area contributed by atoms with Crippen LogP contribution in [0.3, 0.4) is 0 Å². The normalized spacial score (nSPS) is 22.9. The number of aliphatic hydroxyl groups excluding tert-OH is 2. The second-order valence-corrected chi connectivity index (χ2v) is 15.7. The minimum atomic E-state index is -3.66. The zero-order valence-electron chi connectivity index (χ0n) is 26.6. The van der Waals surface area contributed by atoms with E-state index in [1.807, 2.05) is 13.0 Å². The number of ketones is 1. The Balaban J connectivity index is 1.36. The lowest BCUT2D eigenvalue weighted by Gasteiger charge is -2.38. The van der Waals surface area contributed by atoms with Gasteiger partial charge in [-0.05, 0) is 51.2 Å². The van der Waals surface area contributed by atoms with E-state index in [9.17, 15) is 33.1 Å². The maximum Gasteiger partial charge on any atom is 0.305 e. The zero-order chi connectivity index (χ0) is 32.9. The molecule has 2 fully saturated rings. The fraction of sp³-hybridized carbons (Fsp3) is 0.697. The summed E-state index contributed by atoms with van der Waals surface area (Å²) >= 11 is 0.815. The molecule has 2 N–H and O–H groups in total. The van der Waals surface area contributed by atoms with Crippen LogP contribution in [0.4, 0.5) is 0 Å².